The molecule has 1 aromatic carbocycles. The van der Waals surface area contributed by atoms with Gasteiger partial charge in [-0.25, -0.2) is 4.98 Å². The molecule has 0 atom stereocenters. The lowest BCUT2D eigenvalue weighted by atomic mass is 9.83. The molecule has 0 unspecified atom stereocenters. The average molecular weight is 390 g/mol. The monoisotopic (exact) mass is 390 g/mol. The van der Waals surface area contributed by atoms with Crippen LogP contribution in [0.4, 0.5) is 0 Å². The summed E-state index contributed by atoms with van der Waals surface area (Å²) < 4.78 is 7.69. The number of benzene rings is 1. The minimum absolute atomic E-state index is 0.0213. The van der Waals surface area contributed by atoms with Gasteiger partial charge in [0.15, 0.2) is 5.76 Å². The van der Waals surface area contributed by atoms with E-state index in [0.29, 0.717) is 18.8 Å². The molecular formula is C23H26N4O2. The first-order valence-corrected chi connectivity index (χ1v) is 10.3. The Kier molecular flexibility index (Phi) is 4.32. The molecule has 1 amide bonds. The second-order valence-electron chi connectivity index (χ2n) is 8.21. The smallest absolute Gasteiger partial charge is 0.289 e. The molecule has 29 heavy (non-hydrogen) atoms. The van der Waals surface area contributed by atoms with Crippen molar-refractivity contribution >= 4 is 5.91 Å². The molecule has 5 rings (SSSR count). The summed E-state index contributed by atoms with van der Waals surface area (Å²) in [5.41, 5.74) is 3.53. The number of nitrogens with zero attached hydrogens (tertiary/aromatic N) is 4. The molecule has 0 saturated carbocycles. The number of carbonyl (C=O) groups excluding carboxylic acids is 1. The molecule has 1 spiro atoms. The zero-order chi connectivity index (χ0) is 20.0. The highest BCUT2D eigenvalue weighted by Crippen LogP contribution is 2.41. The van der Waals surface area contributed by atoms with Crippen molar-refractivity contribution in [2.75, 3.05) is 26.7 Å². The highest BCUT2D eigenvalue weighted by atomic mass is 16.3. The molecule has 2 aliphatic heterocycles. The number of hydrogen-bond acceptors (Lipinski definition) is 4. The lowest BCUT2D eigenvalue weighted by Gasteiger charge is -2.49. The summed E-state index contributed by atoms with van der Waals surface area (Å²) in [4.78, 5) is 21.9. The van der Waals surface area contributed by atoms with Crippen LogP contribution in [-0.2, 0) is 12.1 Å². The van der Waals surface area contributed by atoms with Crippen molar-refractivity contribution in [1.29, 1.82) is 0 Å². The highest BCUT2D eigenvalue weighted by molar-refractivity contribution is 5.91. The van der Waals surface area contributed by atoms with E-state index < -0.39 is 0 Å². The van der Waals surface area contributed by atoms with Crippen LogP contribution < -0.4 is 0 Å². The van der Waals surface area contributed by atoms with Gasteiger partial charge >= 0.3 is 0 Å². The molecule has 6 heteroatoms. The zero-order valence-electron chi connectivity index (χ0n) is 17.0. The maximum absolute atomic E-state index is 12.7. The van der Waals surface area contributed by atoms with Gasteiger partial charge in [-0.3, -0.25) is 9.69 Å². The third kappa shape index (κ3) is 2.90. The van der Waals surface area contributed by atoms with Crippen molar-refractivity contribution in [1.82, 2.24) is 19.4 Å². The number of likely N-dealkylation sites (tertiary alicyclic amines) is 1. The van der Waals surface area contributed by atoms with Gasteiger partial charge in [0.2, 0.25) is 0 Å². The Morgan fingerprint density at radius 3 is 2.52 bits per heavy atom. The maximum Gasteiger partial charge on any atom is 0.289 e. The molecule has 0 N–H and O–H groups in total. The fraction of sp³-hybridized carbons (Fsp3) is 0.391. The summed E-state index contributed by atoms with van der Waals surface area (Å²) in [5.74, 6) is 1.53. The third-order valence-electron chi connectivity index (χ3n) is 6.62. The Labute approximate surface area is 170 Å². The van der Waals surface area contributed by atoms with E-state index in [-0.39, 0.29) is 11.4 Å². The summed E-state index contributed by atoms with van der Waals surface area (Å²) in [6.45, 7) is 5.44. The number of likely N-dealkylation sites (N-methyl/N-ethyl adjacent to an activating group) is 1. The quantitative estimate of drug-likeness (QED) is 0.672. The normalized spacial score (nSPS) is 18.8. The second-order valence-corrected chi connectivity index (χ2v) is 8.21. The lowest BCUT2D eigenvalue weighted by Crippen LogP contribution is -2.57. The van der Waals surface area contributed by atoms with Crippen LogP contribution in [0.1, 0.15) is 34.8 Å². The largest absolute Gasteiger partial charge is 0.459 e. The topological polar surface area (TPSA) is 54.5 Å². The standard InChI is InChI=1S/C23H26N4O2/c1-17-5-7-18(8-6-17)19-16-24-22-23(25(2)13-14-27(19)22)9-11-26(12-10-23)21(28)20-4-3-15-29-20/h3-8,15-16H,9-14H2,1-2H3. The van der Waals surface area contributed by atoms with E-state index in [1.807, 2.05) is 11.1 Å². The van der Waals surface area contributed by atoms with Crippen molar-refractivity contribution in [2.24, 2.45) is 0 Å². The molecule has 150 valence electrons. The molecule has 6 nitrogen and oxygen atoms in total. The van der Waals surface area contributed by atoms with Gasteiger partial charge in [-0.05, 0) is 44.5 Å². The number of piperidine rings is 1. The van der Waals surface area contributed by atoms with Crippen LogP contribution in [0.25, 0.3) is 11.3 Å². The number of fused-ring (bicyclic) bond motifs is 2. The van der Waals surface area contributed by atoms with Gasteiger partial charge in [0.05, 0.1) is 23.7 Å². The Hall–Kier alpha value is -2.86. The van der Waals surface area contributed by atoms with Crippen LogP contribution in [0.2, 0.25) is 0 Å². The first-order valence-electron chi connectivity index (χ1n) is 10.3. The molecule has 0 aliphatic carbocycles. The molecule has 0 radical (unpaired) electrons. The van der Waals surface area contributed by atoms with Crippen molar-refractivity contribution in [3.05, 3.63) is 66.0 Å². The van der Waals surface area contributed by atoms with Crippen molar-refractivity contribution in [2.45, 2.75) is 31.8 Å². The molecule has 3 aromatic rings. The van der Waals surface area contributed by atoms with E-state index in [4.69, 9.17) is 9.40 Å². The van der Waals surface area contributed by atoms with Crippen molar-refractivity contribution in [3.8, 4) is 11.3 Å². The molecule has 0 bridgehead atoms. The van der Waals surface area contributed by atoms with Gasteiger partial charge in [-0.2, -0.15) is 0 Å². The van der Waals surface area contributed by atoms with E-state index in [9.17, 15) is 4.79 Å². The van der Waals surface area contributed by atoms with Crippen molar-refractivity contribution < 1.29 is 9.21 Å². The van der Waals surface area contributed by atoms with Crippen LogP contribution in [0.5, 0.6) is 0 Å². The predicted molar refractivity (Wildman–Crippen MR) is 111 cm³/mol. The molecular weight excluding hydrogens is 364 g/mol. The van der Waals surface area contributed by atoms with Gasteiger partial charge in [-0.1, -0.05) is 29.8 Å². The summed E-state index contributed by atoms with van der Waals surface area (Å²) in [6.07, 6.45) is 5.32. The summed E-state index contributed by atoms with van der Waals surface area (Å²) in [5, 5.41) is 0. The SMILES string of the molecule is Cc1ccc(-c2cnc3n2CCN(C)C32CCN(C(=O)c3ccco3)CC2)cc1. The van der Waals surface area contributed by atoms with Crippen molar-refractivity contribution in [3.63, 3.8) is 0 Å². The minimum atomic E-state index is -0.124. The van der Waals surface area contributed by atoms with Gasteiger partial charge in [0, 0.05) is 26.2 Å². The predicted octanol–water partition coefficient (Wildman–Crippen LogP) is 3.53. The van der Waals surface area contributed by atoms with Crippen LogP contribution in [-0.4, -0.2) is 51.9 Å². The molecule has 4 heterocycles. The highest BCUT2D eigenvalue weighted by Gasteiger charge is 2.46. The zero-order valence-corrected chi connectivity index (χ0v) is 17.0. The number of amides is 1. The van der Waals surface area contributed by atoms with E-state index >= 15 is 0 Å². The number of aryl methyl sites for hydroxylation is 1. The van der Waals surface area contributed by atoms with Crippen LogP contribution >= 0.6 is 0 Å². The van der Waals surface area contributed by atoms with Crippen LogP contribution in [0.3, 0.4) is 0 Å². The molecule has 1 saturated heterocycles. The number of rotatable bonds is 2. The van der Waals surface area contributed by atoms with Crippen LogP contribution in [0.15, 0.2) is 53.3 Å². The van der Waals surface area contributed by atoms with Crippen LogP contribution in [0, 0.1) is 6.92 Å². The van der Waals surface area contributed by atoms with E-state index in [1.165, 1.54) is 16.8 Å². The summed E-state index contributed by atoms with van der Waals surface area (Å²) in [7, 11) is 2.19. The van der Waals surface area contributed by atoms with Gasteiger partial charge < -0.3 is 13.9 Å². The first kappa shape index (κ1) is 18.2. The fourth-order valence-electron chi connectivity index (χ4n) is 4.80. The number of hydrogen-bond donors (Lipinski definition) is 0. The van der Waals surface area contributed by atoms with E-state index in [0.717, 1.165) is 31.8 Å². The van der Waals surface area contributed by atoms with E-state index in [2.05, 4.69) is 47.7 Å². The maximum atomic E-state index is 12.7. The van der Waals surface area contributed by atoms with E-state index in [1.54, 1.807) is 18.4 Å². The minimum Gasteiger partial charge on any atom is -0.459 e. The van der Waals surface area contributed by atoms with Gasteiger partial charge in [-0.15, -0.1) is 0 Å². The fourth-order valence-corrected chi connectivity index (χ4v) is 4.80. The average Bonchev–Trinajstić information content (AvgIpc) is 3.42. The van der Waals surface area contributed by atoms with Gasteiger partial charge in [0.25, 0.3) is 5.91 Å². The molecule has 1 fully saturated rings. The number of carbonyl (C=O) groups is 1. The number of imidazole rings is 1. The molecule has 2 aromatic heterocycles. The Balaban J connectivity index is 1.44. The summed E-state index contributed by atoms with van der Waals surface area (Å²) in [6, 6.07) is 12.2. The summed E-state index contributed by atoms with van der Waals surface area (Å²) >= 11 is 0. The Morgan fingerprint density at radius 2 is 1.83 bits per heavy atom. The number of aromatic nitrogens is 2. The lowest BCUT2D eigenvalue weighted by molar-refractivity contribution is 0.00908. The number of furan rings is 1. The van der Waals surface area contributed by atoms with Gasteiger partial charge in [0.1, 0.15) is 5.82 Å². The second kappa shape index (κ2) is 6.88. The Morgan fingerprint density at radius 1 is 1.07 bits per heavy atom. The Bertz CT molecular complexity index is 1010. The third-order valence-corrected chi connectivity index (χ3v) is 6.62. The first-order chi connectivity index (χ1) is 14.1. The molecule has 2 aliphatic rings.